The smallest absolute Gasteiger partial charge is 0.161 e. The van der Waals surface area contributed by atoms with Gasteiger partial charge in [0, 0.05) is 32.7 Å². The average Bonchev–Trinajstić information content (AvgIpc) is 2.60. The van der Waals surface area contributed by atoms with Crippen molar-refractivity contribution in [2.24, 2.45) is 5.92 Å². The maximum absolute atomic E-state index is 10.7. The lowest BCUT2D eigenvalue weighted by Gasteiger charge is -2.31. The number of nitrogens with one attached hydrogen (secondary N) is 1. The molecule has 2 atom stereocenters. The number of benzene rings is 1. The molecule has 1 saturated heterocycles. The van der Waals surface area contributed by atoms with Gasteiger partial charge >= 0.3 is 0 Å². The minimum absolute atomic E-state index is 0.167. The van der Waals surface area contributed by atoms with Crippen LogP contribution in [0.1, 0.15) is 31.9 Å². The van der Waals surface area contributed by atoms with Gasteiger partial charge in [-0.2, -0.15) is 0 Å². The number of methoxy groups -OCH3 is 1. The zero-order chi connectivity index (χ0) is 16.7. The van der Waals surface area contributed by atoms with Crippen LogP contribution in [0.4, 0.5) is 0 Å². The van der Waals surface area contributed by atoms with Gasteiger partial charge in [0.1, 0.15) is 0 Å². The third kappa shape index (κ3) is 5.09. The first-order valence-corrected chi connectivity index (χ1v) is 8.57. The standard InChI is InChI=1S/C18H30N2O3/c1-4-11-23-16-6-5-15(12-17(16)22-3)18(21)14(2)13-20-9-7-19-8-10-20/h5-6,12,14,18-19,21H,4,7-11,13H2,1-3H3. The molecule has 0 radical (unpaired) electrons. The predicted molar refractivity (Wildman–Crippen MR) is 92.2 cm³/mol. The van der Waals surface area contributed by atoms with Crippen molar-refractivity contribution in [1.29, 1.82) is 0 Å². The number of nitrogens with zero attached hydrogens (tertiary/aromatic N) is 1. The molecule has 0 saturated carbocycles. The van der Waals surface area contributed by atoms with Gasteiger partial charge in [-0.25, -0.2) is 0 Å². The van der Waals surface area contributed by atoms with E-state index in [0.29, 0.717) is 12.4 Å². The minimum atomic E-state index is -0.501. The normalized spacial score (nSPS) is 18.4. The zero-order valence-electron chi connectivity index (χ0n) is 14.5. The second kappa shape index (κ2) is 9.11. The lowest BCUT2D eigenvalue weighted by Crippen LogP contribution is -2.45. The summed E-state index contributed by atoms with van der Waals surface area (Å²) in [7, 11) is 1.63. The number of ether oxygens (including phenoxy) is 2. The van der Waals surface area contributed by atoms with Crippen molar-refractivity contribution in [3.63, 3.8) is 0 Å². The Hall–Kier alpha value is -1.30. The molecule has 0 amide bonds. The SMILES string of the molecule is CCCOc1ccc(C(O)C(C)CN2CCNCC2)cc1OC. The number of aliphatic hydroxyl groups is 1. The molecule has 130 valence electrons. The summed E-state index contributed by atoms with van der Waals surface area (Å²) in [5, 5.41) is 14.0. The number of aliphatic hydroxyl groups excluding tert-OH is 1. The fourth-order valence-corrected chi connectivity index (χ4v) is 2.93. The van der Waals surface area contributed by atoms with Crippen LogP contribution in [0.3, 0.4) is 0 Å². The monoisotopic (exact) mass is 322 g/mol. The first-order valence-electron chi connectivity index (χ1n) is 8.57. The molecular formula is C18H30N2O3. The van der Waals surface area contributed by atoms with E-state index in [2.05, 4.69) is 24.1 Å². The Bertz CT molecular complexity index is 475. The molecule has 23 heavy (non-hydrogen) atoms. The summed E-state index contributed by atoms with van der Waals surface area (Å²) in [4.78, 5) is 2.40. The second-order valence-electron chi connectivity index (χ2n) is 6.23. The summed E-state index contributed by atoms with van der Waals surface area (Å²) in [5.41, 5.74) is 0.883. The largest absolute Gasteiger partial charge is 0.493 e. The van der Waals surface area contributed by atoms with Gasteiger partial charge in [-0.15, -0.1) is 0 Å². The van der Waals surface area contributed by atoms with E-state index in [0.717, 1.165) is 50.5 Å². The highest BCUT2D eigenvalue weighted by atomic mass is 16.5. The molecule has 5 nitrogen and oxygen atoms in total. The molecule has 0 aliphatic carbocycles. The number of hydrogen-bond donors (Lipinski definition) is 2. The molecule has 5 heteroatoms. The molecule has 2 N–H and O–H groups in total. The van der Waals surface area contributed by atoms with Crippen LogP contribution < -0.4 is 14.8 Å². The zero-order valence-corrected chi connectivity index (χ0v) is 14.5. The fraction of sp³-hybridized carbons (Fsp3) is 0.667. The van der Waals surface area contributed by atoms with Gasteiger partial charge in [0.25, 0.3) is 0 Å². The van der Waals surface area contributed by atoms with Crippen molar-refractivity contribution in [2.45, 2.75) is 26.4 Å². The Labute approximate surface area is 139 Å². The average molecular weight is 322 g/mol. The Kier molecular flexibility index (Phi) is 7.15. The lowest BCUT2D eigenvalue weighted by atomic mass is 9.96. The van der Waals surface area contributed by atoms with E-state index >= 15 is 0 Å². The summed E-state index contributed by atoms with van der Waals surface area (Å²) in [6.07, 6.45) is 0.453. The van der Waals surface area contributed by atoms with Crippen molar-refractivity contribution in [2.75, 3.05) is 46.4 Å². The molecule has 1 aliphatic heterocycles. The van der Waals surface area contributed by atoms with E-state index in [1.165, 1.54) is 0 Å². The first-order chi connectivity index (χ1) is 11.2. The van der Waals surface area contributed by atoms with Crippen LogP contribution in [-0.2, 0) is 0 Å². The molecule has 1 fully saturated rings. The van der Waals surface area contributed by atoms with Crippen molar-refractivity contribution in [3.05, 3.63) is 23.8 Å². The molecule has 0 bridgehead atoms. The summed E-state index contributed by atoms with van der Waals surface area (Å²) in [6.45, 7) is 9.88. The minimum Gasteiger partial charge on any atom is -0.493 e. The fourth-order valence-electron chi connectivity index (χ4n) is 2.93. The summed E-state index contributed by atoms with van der Waals surface area (Å²) < 4.78 is 11.1. The first kappa shape index (κ1) is 18.0. The Morgan fingerprint density at radius 1 is 1.26 bits per heavy atom. The van der Waals surface area contributed by atoms with Gasteiger partial charge in [-0.05, 0) is 30.0 Å². The van der Waals surface area contributed by atoms with Crippen LogP contribution in [0.2, 0.25) is 0 Å². The third-order valence-electron chi connectivity index (χ3n) is 4.29. The molecule has 1 aromatic rings. The molecule has 0 aromatic heterocycles. The van der Waals surface area contributed by atoms with Crippen molar-refractivity contribution < 1.29 is 14.6 Å². The van der Waals surface area contributed by atoms with Gasteiger partial charge < -0.3 is 24.8 Å². The lowest BCUT2D eigenvalue weighted by molar-refractivity contribution is 0.0839. The van der Waals surface area contributed by atoms with Crippen molar-refractivity contribution >= 4 is 0 Å². The van der Waals surface area contributed by atoms with Gasteiger partial charge in [0.15, 0.2) is 11.5 Å². The Morgan fingerprint density at radius 3 is 2.65 bits per heavy atom. The number of rotatable bonds is 8. The van der Waals surface area contributed by atoms with Crippen LogP contribution in [0.15, 0.2) is 18.2 Å². The number of piperazine rings is 1. The van der Waals surface area contributed by atoms with Crippen LogP contribution >= 0.6 is 0 Å². The van der Waals surface area contributed by atoms with Crippen LogP contribution in [0.5, 0.6) is 11.5 Å². The quantitative estimate of drug-likeness (QED) is 0.767. The topological polar surface area (TPSA) is 54.0 Å². The summed E-state index contributed by atoms with van der Waals surface area (Å²) >= 11 is 0. The van der Waals surface area contributed by atoms with Gasteiger partial charge in [-0.1, -0.05) is 19.9 Å². The van der Waals surface area contributed by atoms with Gasteiger partial charge in [-0.3, -0.25) is 0 Å². The number of hydrogen-bond acceptors (Lipinski definition) is 5. The van der Waals surface area contributed by atoms with E-state index in [-0.39, 0.29) is 5.92 Å². The molecule has 1 aromatic carbocycles. The second-order valence-corrected chi connectivity index (χ2v) is 6.23. The molecule has 1 heterocycles. The highest BCUT2D eigenvalue weighted by Crippen LogP contribution is 2.32. The molecular weight excluding hydrogens is 292 g/mol. The van der Waals surface area contributed by atoms with E-state index in [4.69, 9.17) is 9.47 Å². The van der Waals surface area contributed by atoms with Crippen molar-refractivity contribution in [3.8, 4) is 11.5 Å². The van der Waals surface area contributed by atoms with Gasteiger partial charge in [0.05, 0.1) is 19.8 Å². The third-order valence-corrected chi connectivity index (χ3v) is 4.29. The highest BCUT2D eigenvalue weighted by Gasteiger charge is 2.21. The van der Waals surface area contributed by atoms with E-state index < -0.39 is 6.10 Å². The maximum Gasteiger partial charge on any atom is 0.161 e. The van der Waals surface area contributed by atoms with E-state index in [9.17, 15) is 5.11 Å². The molecule has 0 spiro atoms. The van der Waals surface area contributed by atoms with Crippen LogP contribution in [0.25, 0.3) is 0 Å². The summed E-state index contributed by atoms with van der Waals surface area (Å²) in [5.74, 6) is 1.59. The molecule has 2 rings (SSSR count). The van der Waals surface area contributed by atoms with Crippen LogP contribution in [-0.4, -0.2) is 56.4 Å². The van der Waals surface area contributed by atoms with E-state index in [1.54, 1.807) is 7.11 Å². The van der Waals surface area contributed by atoms with Gasteiger partial charge in [0.2, 0.25) is 0 Å². The Morgan fingerprint density at radius 2 is 2.00 bits per heavy atom. The molecule has 2 unspecified atom stereocenters. The summed E-state index contributed by atoms with van der Waals surface area (Å²) in [6, 6.07) is 5.72. The molecule has 1 aliphatic rings. The predicted octanol–water partition coefficient (Wildman–Crippen LogP) is 2.06. The van der Waals surface area contributed by atoms with E-state index in [1.807, 2.05) is 18.2 Å². The maximum atomic E-state index is 10.7. The van der Waals surface area contributed by atoms with Crippen LogP contribution in [0, 0.1) is 5.92 Å². The highest BCUT2D eigenvalue weighted by molar-refractivity contribution is 5.43. The Balaban J connectivity index is 2.00. The van der Waals surface area contributed by atoms with Crippen molar-refractivity contribution in [1.82, 2.24) is 10.2 Å².